The number of Topliss-reactive ketones (excluding diaryl/α,β-unsaturated/α-hetero) is 1. The molecule has 0 bridgehead atoms. The Balaban J connectivity index is 1.62. The molecule has 11 heteroatoms. The lowest BCUT2D eigenvalue weighted by Gasteiger charge is -2.27. The van der Waals surface area contributed by atoms with Crippen LogP contribution in [-0.4, -0.2) is 64.0 Å². The van der Waals surface area contributed by atoms with Crippen LogP contribution in [0, 0.1) is 5.82 Å². The molecule has 4 rings (SSSR count). The van der Waals surface area contributed by atoms with Gasteiger partial charge in [-0.2, -0.15) is 0 Å². The number of fused-ring (bicyclic) bond motifs is 1. The third kappa shape index (κ3) is 4.95. The summed E-state index contributed by atoms with van der Waals surface area (Å²) in [6, 6.07) is 4.84. The number of hydrogen-bond acceptors (Lipinski definition) is 5. The average molecular weight is 533 g/mol. The second-order valence-electron chi connectivity index (χ2n) is 8.85. The van der Waals surface area contributed by atoms with Gasteiger partial charge in [0.05, 0.1) is 17.1 Å². The summed E-state index contributed by atoms with van der Waals surface area (Å²) >= 11 is 5.81. The van der Waals surface area contributed by atoms with Crippen molar-refractivity contribution in [1.29, 1.82) is 0 Å². The summed E-state index contributed by atoms with van der Waals surface area (Å²) in [5.41, 5.74) is 1.93. The number of pyridine rings is 1. The van der Waals surface area contributed by atoms with Crippen LogP contribution in [0.25, 0.3) is 10.9 Å². The number of rotatable bonds is 8. The number of amides is 2. The van der Waals surface area contributed by atoms with Crippen LogP contribution in [0.5, 0.6) is 0 Å². The number of halogens is 3. The molecule has 196 valence electrons. The Morgan fingerprint density at radius 2 is 2.03 bits per heavy atom. The smallest absolute Gasteiger partial charge is 0.245 e. The molecule has 1 fully saturated rings. The number of ketones is 1. The van der Waals surface area contributed by atoms with Gasteiger partial charge in [0.1, 0.15) is 30.7 Å². The quantitative estimate of drug-likeness (QED) is 0.448. The fourth-order valence-electron chi connectivity index (χ4n) is 4.99. The Bertz CT molecular complexity index is 1360. The molecule has 0 saturated carbocycles. The molecule has 0 radical (unpaired) electrons. The van der Waals surface area contributed by atoms with E-state index in [4.69, 9.17) is 16.3 Å². The summed E-state index contributed by atoms with van der Waals surface area (Å²) in [5, 5.41) is 3.11. The number of benzene rings is 1. The molecule has 1 saturated heterocycles. The highest BCUT2D eigenvalue weighted by molar-refractivity contribution is 6.30. The molecule has 1 N–H and O–H groups in total. The summed E-state index contributed by atoms with van der Waals surface area (Å²) in [5.74, 6) is -2.02. The number of nitrogens with zero attached hydrogens (tertiary/aromatic N) is 3. The topological polar surface area (TPSA) is 93.5 Å². The van der Waals surface area contributed by atoms with E-state index in [0.717, 1.165) is 4.90 Å². The molecule has 2 aromatic heterocycles. The van der Waals surface area contributed by atoms with E-state index >= 15 is 0 Å². The highest BCUT2D eigenvalue weighted by Gasteiger charge is 2.48. The molecule has 3 aromatic rings. The van der Waals surface area contributed by atoms with Crippen molar-refractivity contribution >= 4 is 40.1 Å². The van der Waals surface area contributed by atoms with Crippen molar-refractivity contribution in [3.63, 3.8) is 0 Å². The fraction of sp³-hybridized carbons (Fsp3) is 0.385. The van der Waals surface area contributed by atoms with Gasteiger partial charge in [-0.15, -0.1) is 0 Å². The van der Waals surface area contributed by atoms with Crippen LogP contribution in [0.15, 0.2) is 36.7 Å². The molecule has 2 amide bonds. The fourth-order valence-corrected chi connectivity index (χ4v) is 5.19. The van der Waals surface area contributed by atoms with E-state index in [0.29, 0.717) is 28.6 Å². The van der Waals surface area contributed by atoms with Crippen molar-refractivity contribution < 1.29 is 27.9 Å². The molecule has 0 spiro atoms. The maximum Gasteiger partial charge on any atom is 0.245 e. The minimum absolute atomic E-state index is 0.0891. The van der Waals surface area contributed by atoms with Crippen LogP contribution in [0.1, 0.15) is 35.5 Å². The van der Waals surface area contributed by atoms with Crippen molar-refractivity contribution in [2.45, 2.75) is 51.7 Å². The number of carbonyl (C=O) groups excluding carboxylic acids is 3. The zero-order valence-corrected chi connectivity index (χ0v) is 21.4. The minimum atomic E-state index is -1.60. The van der Waals surface area contributed by atoms with E-state index in [2.05, 4.69) is 10.3 Å². The summed E-state index contributed by atoms with van der Waals surface area (Å²) in [4.78, 5) is 44.3. The van der Waals surface area contributed by atoms with Crippen LogP contribution in [-0.2, 0) is 33.8 Å². The predicted molar refractivity (Wildman–Crippen MR) is 134 cm³/mol. The Morgan fingerprint density at radius 3 is 2.70 bits per heavy atom. The summed E-state index contributed by atoms with van der Waals surface area (Å²) in [6.45, 7) is 2.56. The van der Waals surface area contributed by atoms with Crippen molar-refractivity contribution in [3.8, 4) is 0 Å². The molecule has 1 aliphatic heterocycles. The zero-order valence-electron chi connectivity index (χ0n) is 20.6. The molecule has 3 atom stereocenters. The van der Waals surface area contributed by atoms with Gasteiger partial charge in [-0.3, -0.25) is 19.4 Å². The second kappa shape index (κ2) is 10.9. The summed E-state index contributed by atoms with van der Waals surface area (Å²) in [7, 11) is 1.27. The van der Waals surface area contributed by atoms with Gasteiger partial charge in [0.15, 0.2) is 5.78 Å². The zero-order chi connectivity index (χ0) is 26.9. The van der Waals surface area contributed by atoms with E-state index in [1.165, 1.54) is 26.2 Å². The lowest BCUT2D eigenvalue weighted by Crippen LogP contribution is -2.51. The largest absolute Gasteiger partial charge is 0.376 e. The maximum absolute atomic E-state index is 14.9. The van der Waals surface area contributed by atoms with Gasteiger partial charge in [0.2, 0.25) is 11.8 Å². The van der Waals surface area contributed by atoms with Gasteiger partial charge in [0.25, 0.3) is 0 Å². The minimum Gasteiger partial charge on any atom is -0.376 e. The summed E-state index contributed by atoms with van der Waals surface area (Å²) < 4.78 is 36.1. The van der Waals surface area contributed by atoms with Crippen LogP contribution in [0.3, 0.4) is 0 Å². The van der Waals surface area contributed by atoms with Crippen molar-refractivity contribution in [2.24, 2.45) is 0 Å². The van der Waals surface area contributed by atoms with E-state index in [-0.39, 0.29) is 36.0 Å². The van der Waals surface area contributed by atoms with Gasteiger partial charge < -0.3 is 19.5 Å². The lowest BCUT2D eigenvalue weighted by atomic mass is 10.1. The van der Waals surface area contributed by atoms with Gasteiger partial charge in [-0.1, -0.05) is 30.7 Å². The van der Waals surface area contributed by atoms with Gasteiger partial charge in [-0.25, -0.2) is 8.78 Å². The first-order chi connectivity index (χ1) is 17.7. The standard InChI is InChI=1S/C26H27ClF2N4O4/c1-4-19-22(14(2)34)16-11-30-9-8-20(16)32(19)13-21(35)33-12-18(28)25(37-3)24(33)26(36)31-10-15-6-5-7-17(27)23(15)29/h5-9,11,18,24-25H,4,10,12-13H2,1-3H3,(H,31,36)/t18-,24-,25+/m0/s1. The Hall–Kier alpha value is -3.37. The normalized spacial score (nSPS) is 19.4. The lowest BCUT2D eigenvalue weighted by molar-refractivity contribution is -0.141. The molecule has 1 aromatic carbocycles. The third-order valence-electron chi connectivity index (χ3n) is 6.67. The Labute approximate surface area is 217 Å². The van der Waals surface area contributed by atoms with E-state index in [1.807, 2.05) is 6.92 Å². The first kappa shape index (κ1) is 26.7. The van der Waals surface area contributed by atoms with Gasteiger partial charge in [0, 0.05) is 48.3 Å². The van der Waals surface area contributed by atoms with Crippen LogP contribution in [0.2, 0.25) is 5.02 Å². The average Bonchev–Trinajstić information content (AvgIpc) is 3.39. The highest BCUT2D eigenvalue weighted by Crippen LogP contribution is 2.29. The molecule has 8 nitrogen and oxygen atoms in total. The van der Waals surface area contributed by atoms with E-state index < -0.39 is 35.9 Å². The SMILES string of the molecule is CCc1c(C(C)=O)c2cnccc2n1CC(=O)N1C[C@H](F)[C@@H](OC)[C@H]1C(=O)NCc1cccc(Cl)c1F. The summed E-state index contributed by atoms with van der Waals surface area (Å²) in [6.07, 6.45) is 0.810. The van der Waals surface area contributed by atoms with Crippen LogP contribution in [0.4, 0.5) is 8.78 Å². The van der Waals surface area contributed by atoms with Crippen molar-refractivity contribution in [3.05, 3.63) is 64.3 Å². The van der Waals surface area contributed by atoms with Gasteiger partial charge in [-0.05, 0) is 25.5 Å². The van der Waals surface area contributed by atoms with Crippen LogP contribution < -0.4 is 5.32 Å². The maximum atomic E-state index is 14.9. The Morgan fingerprint density at radius 1 is 1.27 bits per heavy atom. The number of hydrogen-bond donors (Lipinski definition) is 1. The van der Waals surface area contributed by atoms with E-state index in [1.54, 1.807) is 29.1 Å². The predicted octanol–water partition coefficient (Wildman–Crippen LogP) is 3.47. The first-order valence-electron chi connectivity index (χ1n) is 11.8. The number of aromatic nitrogens is 2. The van der Waals surface area contributed by atoms with Crippen molar-refractivity contribution in [1.82, 2.24) is 19.8 Å². The number of likely N-dealkylation sites (tertiary alicyclic amines) is 1. The molecule has 0 aliphatic carbocycles. The second-order valence-corrected chi connectivity index (χ2v) is 9.26. The van der Waals surface area contributed by atoms with Crippen molar-refractivity contribution in [2.75, 3.05) is 13.7 Å². The number of nitrogens with one attached hydrogen (secondary N) is 1. The number of methoxy groups -OCH3 is 1. The molecular formula is C26H27ClF2N4O4. The van der Waals surface area contributed by atoms with E-state index in [9.17, 15) is 23.2 Å². The molecule has 37 heavy (non-hydrogen) atoms. The monoisotopic (exact) mass is 532 g/mol. The number of carbonyl (C=O) groups is 3. The number of ether oxygens (including phenoxy) is 1. The molecule has 1 aliphatic rings. The first-order valence-corrected chi connectivity index (χ1v) is 12.2. The molecule has 3 heterocycles. The van der Waals surface area contributed by atoms with Gasteiger partial charge >= 0.3 is 0 Å². The van der Waals surface area contributed by atoms with Crippen LogP contribution >= 0.6 is 11.6 Å². The molecule has 0 unspecified atom stereocenters. The number of alkyl halides is 1. The molecular weight excluding hydrogens is 506 g/mol. The third-order valence-corrected chi connectivity index (χ3v) is 6.97. The Kier molecular flexibility index (Phi) is 7.89. The highest BCUT2D eigenvalue weighted by atomic mass is 35.5.